The van der Waals surface area contributed by atoms with E-state index < -0.39 is 5.60 Å². The van der Waals surface area contributed by atoms with Crippen LogP contribution in [-0.4, -0.2) is 41.3 Å². The fourth-order valence-electron chi connectivity index (χ4n) is 2.52. The zero-order chi connectivity index (χ0) is 16.2. The zero-order valence-corrected chi connectivity index (χ0v) is 14.0. The summed E-state index contributed by atoms with van der Waals surface area (Å²) in [6.45, 7) is 9.66. The molecule has 1 amide bonds. The zero-order valence-electron chi connectivity index (χ0n) is 14.0. The van der Waals surface area contributed by atoms with Gasteiger partial charge in [0.15, 0.2) is 0 Å². The average molecular weight is 306 g/mol. The summed E-state index contributed by atoms with van der Waals surface area (Å²) in [5.41, 5.74) is 0.440. The maximum atomic E-state index is 12.1. The molecule has 1 unspecified atom stereocenters. The number of piperidine rings is 1. The quantitative estimate of drug-likeness (QED) is 0.858. The lowest BCUT2D eigenvalue weighted by atomic mass is 9.99. The van der Waals surface area contributed by atoms with Gasteiger partial charge in [-0.3, -0.25) is 4.98 Å². The Morgan fingerprint density at radius 3 is 2.91 bits per heavy atom. The Balaban J connectivity index is 1.86. The minimum atomic E-state index is -0.451. The Labute approximate surface area is 132 Å². The molecule has 2 rings (SSSR count). The SMILES string of the molecule is Cc1ncccc1OCC1CCCN(C(=O)OC(C)(C)C)C1. The predicted molar refractivity (Wildman–Crippen MR) is 85.0 cm³/mol. The van der Waals surface area contributed by atoms with Crippen LogP contribution in [0, 0.1) is 12.8 Å². The summed E-state index contributed by atoms with van der Waals surface area (Å²) in [7, 11) is 0. The topological polar surface area (TPSA) is 51.7 Å². The van der Waals surface area contributed by atoms with E-state index in [0.29, 0.717) is 19.1 Å². The second kappa shape index (κ2) is 6.99. The number of aryl methyl sites for hydroxylation is 1. The highest BCUT2D eigenvalue weighted by Gasteiger charge is 2.27. The number of nitrogens with zero attached hydrogens (tertiary/aromatic N) is 2. The largest absolute Gasteiger partial charge is 0.491 e. The summed E-state index contributed by atoms with van der Waals surface area (Å²) in [6.07, 6.45) is 3.58. The maximum absolute atomic E-state index is 12.1. The van der Waals surface area contributed by atoms with Gasteiger partial charge < -0.3 is 14.4 Å². The van der Waals surface area contributed by atoms with Crippen molar-refractivity contribution >= 4 is 6.09 Å². The molecule has 1 saturated heterocycles. The number of rotatable bonds is 3. The molecule has 1 aliphatic rings. The van der Waals surface area contributed by atoms with E-state index in [2.05, 4.69) is 4.98 Å². The molecule has 0 aromatic carbocycles. The Morgan fingerprint density at radius 1 is 1.45 bits per heavy atom. The number of hydrogen-bond donors (Lipinski definition) is 0. The van der Waals surface area contributed by atoms with Gasteiger partial charge >= 0.3 is 6.09 Å². The lowest BCUT2D eigenvalue weighted by Crippen LogP contribution is -2.44. The molecule has 1 aromatic heterocycles. The van der Waals surface area contributed by atoms with Crippen molar-refractivity contribution in [3.8, 4) is 5.75 Å². The normalized spacial score (nSPS) is 18.9. The molecule has 22 heavy (non-hydrogen) atoms. The molecule has 0 bridgehead atoms. The molecule has 1 atom stereocenters. The van der Waals surface area contributed by atoms with Crippen LogP contribution in [0.5, 0.6) is 5.75 Å². The van der Waals surface area contributed by atoms with Crippen LogP contribution in [0.3, 0.4) is 0 Å². The minimum absolute atomic E-state index is 0.227. The molecule has 1 aliphatic heterocycles. The number of hydrogen-bond acceptors (Lipinski definition) is 4. The Hall–Kier alpha value is -1.78. The summed E-state index contributed by atoms with van der Waals surface area (Å²) in [6, 6.07) is 3.80. The van der Waals surface area contributed by atoms with Crippen LogP contribution in [0.15, 0.2) is 18.3 Å². The number of carbonyl (C=O) groups is 1. The van der Waals surface area contributed by atoms with Crippen LogP contribution in [0.4, 0.5) is 4.79 Å². The number of aromatic nitrogens is 1. The van der Waals surface area contributed by atoms with E-state index in [1.165, 1.54) is 0 Å². The Morgan fingerprint density at radius 2 is 2.23 bits per heavy atom. The van der Waals surface area contributed by atoms with Gasteiger partial charge in [0.25, 0.3) is 0 Å². The average Bonchev–Trinajstić information content (AvgIpc) is 2.45. The highest BCUT2D eigenvalue weighted by molar-refractivity contribution is 5.68. The smallest absolute Gasteiger partial charge is 0.410 e. The molecule has 2 heterocycles. The molecule has 1 fully saturated rings. The third-order valence-corrected chi connectivity index (χ3v) is 3.60. The lowest BCUT2D eigenvalue weighted by Gasteiger charge is -2.34. The minimum Gasteiger partial charge on any atom is -0.491 e. The second-order valence-electron chi connectivity index (χ2n) is 6.83. The van der Waals surface area contributed by atoms with Crippen molar-refractivity contribution in [3.05, 3.63) is 24.0 Å². The van der Waals surface area contributed by atoms with Crippen molar-refractivity contribution in [1.29, 1.82) is 0 Å². The van der Waals surface area contributed by atoms with Gasteiger partial charge in [-0.25, -0.2) is 4.79 Å². The van der Waals surface area contributed by atoms with Crippen molar-refractivity contribution in [2.75, 3.05) is 19.7 Å². The molecule has 0 spiro atoms. The van der Waals surface area contributed by atoms with Crippen LogP contribution < -0.4 is 4.74 Å². The fourth-order valence-corrected chi connectivity index (χ4v) is 2.52. The van der Waals surface area contributed by atoms with Crippen LogP contribution >= 0.6 is 0 Å². The lowest BCUT2D eigenvalue weighted by molar-refractivity contribution is 0.0139. The molecular formula is C17H26N2O3. The van der Waals surface area contributed by atoms with Crippen molar-refractivity contribution in [3.63, 3.8) is 0 Å². The molecule has 1 aromatic rings. The third-order valence-electron chi connectivity index (χ3n) is 3.60. The Kier molecular flexibility index (Phi) is 5.27. The van der Waals surface area contributed by atoms with Gasteiger partial charge in [0.05, 0.1) is 12.3 Å². The number of amides is 1. The summed E-state index contributed by atoms with van der Waals surface area (Å²) in [4.78, 5) is 18.1. The van der Waals surface area contributed by atoms with Crippen LogP contribution in [-0.2, 0) is 4.74 Å². The molecule has 0 saturated carbocycles. The summed E-state index contributed by atoms with van der Waals surface area (Å²) >= 11 is 0. The standard InChI is InChI=1S/C17H26N2O3/c1-13-15(8-5-9-18-13)21-12-14-7-6-10-19(11-14)16(20)22-17(2,3)4/h5,8-9,14H,6-7,10-12H2,1-4H3. The Bertz CT molecular complexity index is 511. The van der Waals surface area contributed by atoms with E-state index in [0.717, 1.165) is 30.8 Å². The summed E-state index contributed by atoms with van der Waals surface area (Å²) < 4.78 is 11.3. The second-order valence-corrected chi connectivity index (χ2v) is 6.83. The molecule has 0 radical (unpaired) electrons. The van der Waals surface area contributed by atoms with Gasteiger partial charge in [0.1, 0.15) is 11.4 Å². The molecular weight excluding hydrogens is 280 g/mol. The highest BCUT2D eigenvalue weighted by atomic mass is 16.6. The number of ether oxygens (including phenoxy) is 2. The van der Waals surface area contributed by atoms with E-state index in [1.54, 1.807) is 11.1 Å². The number of likely N-dealkylation sites (tertiary alicyclic amines) is 1. The van der Waals surface area contributed by atoms with Crippen molar-refractivity contribution in [2.24, 2.45) is 5.92 Å². The molecule has 122 valence electrons. The first-order valence-corrected chi connectivity index (χ1v) is 7.87. The first-order chi connectivity index (χ1) is 10.3. The molecule has 0 N–H and O–H groups in total. The molecule has 5 heteroatoms. The van der Waals surface area contributed by atoms with Gasteiger partial charge in [-0.15, -0.1) is 0 Å². The van der Waals surface area contributed by atoms with Crippen LogP contribution in [0.2, 0.25) is 0 Å². The van der Waals surface area contributed by atoms with Gasteiger partial charge in [0, 0.05) is 25.2 Å². The predicted octanol–water partition coefficient (Wildman–Crippen LogP) is 3.42. The summed E-state index contributed by atoms with van der Waals surface area (Å²) in [5.74, 6) is 1.15. The number of pyridine rings is 1. The molecule has 0 aliphatic carbocycles. The van der Waals surface area contributed by atoms with Crippen molar-refractivity contribution < 1.29 is 14.3 Å². The van der Waals surface area contributed by atoms with E-state index in [4.69, 9.17) is 9.47 Å². The first kappa shape index (κ1) is 16.6. The third kappa shape index (κ3) is 4.90. The van der Waals surface area contributed by atoms with Crippen molar-refractivity contribution in [2.45, 2.75) is 46.1 Å². The van der Waals surface area contributed by atoms with Crippen molar-refractivity contribution in [1.82, 2.24) is 9.88 Å². The summed E-state index contributed by atoms with van der Waals surface area (Å²) in [5, 5.41) is 0. The molecule has 5 nitrogen and oxygen atoms in total. The van der Waals surface area contributed by atoms with E-state index in [-0.39, 0.29) is 6.09 Å². The van der Waals surface area contributed by atoms with Gasteiger partial charge in [0.2, 0.25) is 0 Å². The monoisotopic (exact) mass is 306 g/mol. The van der Waals surface area contributed by atoms with Gasteiger partial charge in [-0.2, -0.15) is 0 Å². The van der Waals surface area contributed by atoms with Crippen LogP contribution in [0.25, 0.3) is 0 Å². The van der Waals surface area contributed by atoms with Crippen LogP contribution in [0.1, 0.15) is 39.3 Å². The maximum Gasteiger partial charge on any atom is 0.410 e. The van der Waals surface area contributed by atoms with E-state index in [9.17, 15) is 4.79 Å². The first-order valence-electron chi connectivity index (χ1n) is 7.87. The number of carbonyl (C=O) groups excluding carboxylic acids is 1. The van der Waals surface area contributed by atoms with E-state index >= 15 is 0 Å². The van der Waals surface area contributed by atoms with Gasteiger partial charge in [-0.1, -0.05) is 0 Å². The van der Waals surface area contributed by atoms with E-state index in [1.807, 2.05) is 39.8 Å². The fraction of sp³-hybridized carbons (Fsp3) is 0.647. The highest BCUT2D eigenvalue weighted by Crippen LogP contribution is 2.21. The van der Waals surface area contributed by atoms with Gasteiger partial charge in [-0.05, 0) is 52.7 Å².